The maximum absolute atomic E-state index is 11.7. The van der Waals surface area contributed by atoms with Crippen LogP contribution < -0.4 is 0 Å². The summed E-state index contributed by atoms with van der Waals surface area (Å²) >= 11 is 0. The molecule has 0 aliphatic rings. The molecule has 0 aromatic heterocycles. The van der Waals surface area contributed by atoms with Crippen molar-refractivity contribution in [1.29, 1.82) is 0 Å². The van der Waals surface area contributed by atoms with Gasteiger partial charge in [0.15, 0.2) is 0 Å². The van der Waals surface area contributed by atoms with Crippen molar-refractivity contribution in [3.05, 3.63) is 0 Å². The molecule has 0 amide bonds. The SMILES string of the molecule is CP(C)OC(C(F)(F)F)C(F)(F)F. The Morgan fingerprint density at radius 3 is 1.31 bits per heavy atom. The first-order chi connectivity index (χ1) is 5.55. The molecule has 1 nitrogen and oxygen atoms in total. The van der Waals surface area contributed by atoms with E-state index in [1.165, 1.54) is 13.3 Å². The third kappa shape index (κ3) is 4.67. The van der Waals surface area contributed by atoms with Crippen molar-refractivity contribution >= 4 is 8.15 Å². The predicted molar refractivity (Wildman–Crippen MR) is 35.8 cm³/mol. The lowest BCUT2D eigenvalue weighted by molar-refractivity contribution is -0.298. The average Bonchev–Trinajstić information content (AvgIpc) is 1.77. The zero-order valence-electron chi connectivity index (χ0n) is 6.70. The lowest BCUT2D eigenvalue weighted by Crippen LogP contribution is -2.43. The Morgan fingerprint density at radius 2 is 1.23 bits per heavy atom. The molecule has 0 heterocycles. The van der Waals surface area contributed by atoms with E-state index in [-0.39, 0.29) is 0 Å². The second kappa shape index (κ2) is 4.00. The second-order valence-corrected chi connectivity index (χ2v) is 4.22. The molecule has 0 saturated carbocycles. The van der Waals surface area contributed by atoms with Crippen molar-refractivity contribution in [1.82, 2.24) is 0 Å². The van der Waals surface area contributed by atoms with E-state index in [4.69, 9.17) is 0 Å². The molecular formula is C5H7F6OP. The molecule has 80 valence electrons. The molecule has 13 heavy (non-hydrogen) atoms. The minimum absolute atomic E-state index is 1.17. The first-order valence-corrected chi connectivity index (χ1v) is 5.18. The van der Waals surface area contributed by atoms with Gasteiger partial charge in [-0.2, -0.15) is 26.3 Å². The van der Waals surface area contributed by atoms with Crippen LogP contribution >= 0.6 is 8.15 Å². The van der Waals surface area contributed by atoms with Crippen LogP contribution in [0.5, 0.6) is 0 Å². The molecular weight excluding hydrogens is 221 g/mol. The molecule has 0 radical (unpaired) electrons. The van der Waals surface area contributed by atoms with E-state index < -0.39 is 26.6 Å². The zero-order chi connectivity index (χ0) is 10.9. The average molecular weight is 228 g/mol. The molecule has 0 unspecified atom stereocenters. The maximum atomic E-state index is 11.7. The van der Waals surface area contributed by atoms with E-state index in [0.717, 1.165) is 0 Å². The normalized spacial score (nSPS) is 14.3. The Balaban J connectivity index is 4.58. The molecule has 0 aromatic carbocycles. The van der Waals surface area contributed by atoms with E-state index in [1.807, 2.05) is 0 Å². The fraction of sp³-hybridized carbons (Fsp3) is 1.00. The van der Waals surface area contributed by atoms with Crippen LogP contribution in [-0.4, -0.2) is 31.8 Å². The summed E-state index contributed by atoms with van der Waals surface area (Å²) in [5.41, 5.74) is 0. The van der Waals surface area contributed by atoms with Crippen LogP contribution in [0.2, 0.25) is 0 Å². The van der Waals surface area contributed by atoms with E-state index in [9.17, 15) is 26.3 Å². The second-order valence-electron chi connectivity index (χ2n) is 2.38. The molecule has 0 spiro atoms. The first kappa shape index (κ1) is 13.0. The molecule has 0 aromatic rings. The van der Waals surface area contributed by atoms with Gasteiger partial charge in [0, 0.05) is 8.15 Å². The van der Waals surface area contributed by atoms with Crippen LogP contribution in [0, 0.1) is 0 Å². The minimum Gasteiger partial charge on any atom is -0.339 e. The van der Waals surface area contributed by atoms with Gasteiger partial charge in [-0.1, -0.05) is 0 Å². The Kier molecular flexibility index (Phi) is 3.99. The zero-order valence-corrected chi connectivity index (χ0v) is 7.60. The highest BCUT2D eigenvalue weighted by Crippen LogP contribution is 2.42. The summed E-state index contributed by atoms with van der Waals surface area (Å²) in [7, 11) is -1.71. The predicted octanol–water partition coefficient (Wildman–Crippen LogP) is 3.15. The molecule has 0 atom stereocenters. The van der Waals surface area contributed by atoms with Crippen molar-refractivity contribution < 1.29 is 30.9 Å². The lowest BCUT2D eigenvalue weighted by Gasteiger charge is -2.24. The van der Waals surface area contributed by atoms with E-state index >= 15 is 0 Å². The molecule has 0 saturated heterocycles. The van der Waals surface area contributed by atoms with Gasteiger partial charge in [0.2, 0.25) is 0 Å². The number of alkyl halides is 6. The molecule has 8 heteroatoms. The van der Waals surface area contributed by atoms with Gasteiger partial charge in [0.05, 0.1) is 0 Å². The Labute approximate surface area is 71.9 Å². The number of hydrogen-bond donors (Lipinski definition) is 0. The fourth-order valence-corrected chi connectivity index (χ4v) is 1.18. The highest BCUT2D eigenvalue weighted by atomic mass is 31.1. The fourth-order valence-electron chi connectivity index (χ4n) is 0.516. The van der Waals surface area contributed by atoms with Crippen LogP contribution in [0.25, 0.3) is 0 Å². The summed E-state index contributed by atoms with van der Waals surface area (Å²) in [5, 5.41) is 0. The van der Waals surface area contributed by atoms with Gasteiger partial charge >= 0.3 is 12.4 Å². The summed E-state index contributed by atoms with van der Waals surface area (Å²) in [4.78, 5) is 0. The highest BCUT2D eigenvalue weighted by Gasteiger charge is 2.58. The Hall–Kier alpha value is -0.0300. The van der Waals surface area contributed by atoms with Crippen LogP contribution in [0.3, 0.4) is 0 Å². The number of rotatable bonds is 2. The monoisotopic (exact) mass is 228 g/mol. The first-order valence-electron chi connectivity index (χ1n) is 3.02. The summed E-state index contributed by atoms with van der Waals surface area (Å²) in [5.74, 6) is 0. The Bertz CT molecular complexity index is 147. The van der Waals surface area contributed by atoms with Gasteiger partial charge in [-0.05, 0) is 13.3 Å². The highest BCUT2D eigenvalue weighted by molar-refractivity contribution is 7.50. The third-order valence-electron chi connectivity index (χ3n) is 0.911. The van der Waals surface area contributed by atoms with Crippen molar-refractivity contribution in [2.75, 3.05) is 13.3 Å². The van der Waals surface area contributed by atoms with Gasteiger partial charge < -0.3 is 4.52 Å². The van der Waals surface area contributed by atoms with Crippen LogP contribution in [0.15, 0.2) is 0 Å². The van der Waals surface area contributed by atoms with Gasteiger partial charge in [0.1, 0.15) is 0 Å². The lowest BCUT2D eigenvalue weighted by atomic mass is 10.3. The maximum Gasteiger partial charge on any atom is 0.423 e. The standard InChI is InChI=1S/C5H7F6OP/c1-13(2)12-3(4(6,7)8)5(9,10)11/h3H,1-2H3. The van der Waals surface area contributed by atoms with Crippen molar-refractivity contribution in [3.63, 3.8) is 0 Å². The summed E-state index contributed by atoms with van der Waals surface area (Å²) in [6.45, 7) is 2.33. The van der Waals surface area contributed by atoms with Crippen molar-refractivity contribution in [2.45, 2.75) is 18.5 Å². The van der Waals surface area contributed by atoms with Gasteiger partial charge in [-0.15, -0.1) is 0 Å². The Morgan fingerprint density at radius 1 is 0.923 bits per heavy atom. The number of halogens is 6. The van der Waals surface area contributed by atoms with E-state index in [1.54, 1.807) is 0 Å². The molecule has 0 rings (SSSR count). The molecule has 0 fully saturated rings. The third-order valence-corrected chi connectivity index (χ3v) is 1.54. The summed E-state index contributed by atoms with van der Waals surface area (Å²) < 4.78 is 74.2. The molecule has 0 aliphatic carbocycles. The molecule has 0 bridgehead atoms. The topological polar surface area (TPSA) is 9.23 Å². The minimum atomic E-state index is -5.40. The van der Waals surface area contributed by atoms with Crippen LogP contribution in [0.1, 0.15) is 0 Å². The van der Waals surface area contributed by atoms with E-state index in [0.29, 0.717) is 0 Å². The van der Waals surface area contributed by atoms with Gasteiger partial charge in [0.25, 0.3) is 6.10 Å². The van der Waals surface area contributed by atoms with Crippen molar-refractivity contribution in [2.24, 2.45) is 0 Å². The summed E-state index contributed by atoms with van der Waals surface area (Å²) in [6.07, 6.45) is -14.5. The van der Waals surface area contributed by atoms with Crippen LogP contribution in [-0.2, 0) is 4.52 Å². The smallest absolute Gasteiger partial charge is 0.339 e. The quantitative estimate of drug-likeness (QED) is 0.521. The molecule has 0 N–H and O–H groups in total. The number of hydrogen-bond acceptors (Lipinski definition) is 1. The van der Waals surface area contributed by atoms with Crippen LogP contribution in [0.4, 0.5) is 26.3 Å². The van der Waals surface area contributed by atoms with Gasteiger partial charge in [-0.3, -0.25) is 0 Å². The largest absolute Gasteiger partial charge is 0.423 e. The van der Waals surface area contributed by atoms with E-state index in [2.05, 4.69) is 4.52 Å². The van der Waals surface area contributed by atoms with Gasteiger partial charge in [-0.25, -0.2) is 0 Å². The summed E-state index contributed by atoms with van der Waals surface area (Å²) in [6, 6.07) is 0. The molecule has 0 aliphatic heterocycles. The van der Waals surface area contributed by atoms with Crippen molar-refractivity contribution in [3.8, 4) is 0 Å².